The fourth-order valence-electron chi connectivity index (χ4n) is 1.42. The van der Waals surface area contributed by atoms with E-state index in [1.807, 2.05) is 0 Å². The minimum Gasteiger partial charge on any atom is -0.493 e. The highest BCUT2D eigenvalue weighted by molar-refractivity contribution is 9.10. The molecule has 88 valence electrons. The van der Waals surface area contributed by atoms with Crippen LogP contribution in [0.4, 0.5) is 4.39 Å². The molecule has 0 heterocycles. The van der Waals surface area contributed by atoms with Crippen molar-refractivity contribution in [1.29, 1.82) is 0 Å². The second-order valence-electron chi connectivity index (χ2n) is 3.27. The standard InChI is InChI=1S/C11H12BrFO3/c1-6(14)4-7-10(13)8(12)5-9(15-2)11(7)16-3/h5H,4H2,1-3H3. The van der Waals surface area contributed by atoms with Gasteiger partial charge in [0.15, 0.2) is 11.5 Å². The molecule has 5 heteroatoms. The predicted molar refractivity (Wildman–Crippen MR) is 61.6 cm³/mol. The van der Waals surface area contributed by atoms with Gasteiger partial charge in [-0.05, 0) is 22.9 Å². The van der Waals surface area contributed by atoms with E-state index < -0.39 is 5.82 Å². The molecular formula is C11H12BrFO3. The average Bonchev–Trinajstić information content (AvgIpc) is 2.23. The molecule has 0 bridgehead atoms. The quantitative estimate of drug-likeness (QED) is 0.855. The number of carbonyl (C=O) groups excluding carboxylic acids is 1. The van der Waals surface area contributed by atoms with Crippen molar-refractivity contribution in [3.05, 3.63) is 21.9 Å². The number of hydrogen-bond acceptors (Lipinski definition) is 3. The second-order valence-corrected chi connectivity index (χ2v) is 4.12. The molecule has 0 aliphatic carbocycles. The van der Waals surface area contributed by atoms with Crippen LogP contribution in [-0.2, 0) is 11.2 Å². The summed E-state index contributed by atoms with van der Waals surface area (Å²) in [5, 5.41) is 0. The molecule has 0 unspecified atom stereocenters. The van der Waals surface area contributed by atoms with E-state index in [2.05, 4.69) is 15.9 Å². The van der Waals surface area contributed by atoms with Crippen molar-refractivity contribution in [3.63, 3.8) is 0 Å². The lowest BCUT2D eigenvalue weighted by molar-refractivity contribution is -0.116. The lowest BCUT2D eigenvalue weighted by Gasteiger charge is -2.13. The van der Waals surface area contributed by atoms with Crippen LogP contribution in [0, 0.1) is 5.82 Å². The largest absolute Gasteiger partial charge is 0.493 e. The molecular weight excluding hydrogens is 279 g/mol. The Morgan fingerprint density at radius 2 is 2.06 bits per heavy atom. The summed E-state index contributed by atoms with van der Waals surface area (Å²) in [7, 11) is 2.87. The van der Waals surface area contributed by atoms with Crippen LogP contribution in [0.15, 0.2) is 10.5 Å². The topological polar surface area (TPSA) is 35.5 Å². The number of rotatable bonds is 4. The van der Waals surface area contributed by atoms with Crippen molar-refractivity contribution in [2.45, 2.75) is 13.3 Å². The van der Waals surface area contributed by atoms with E-state index in [1.165, 1.54) is 27.2 Å². The Hall–Kier alpha value is -1.10. The van der Waals surface area contributed by atoms with E-state index in [0.717, 1.165) is 0 Å². The summed E-state index contributed by atoms with van der Waals surface area (Å²) < 4.78 is 24.2. The number of hydrogen-bond donors (Lipinski definition) is 0. The van der Waals surface area contributed by atoms with E-state index in [0.29, 0.717) is 5.75 Å². The fraction of sp³-hybridized carbons (Fsp3) is 0.364. The highest BCUT2D eigenvalue weighted by Gasteiger charge is 2.19. The molecule has 0 saturated heterocycles. The van der Waals surface area contributed by atoms with Gasteiger partial charge >= 0.3 is 0 Å². The zero-order valence-electron chi connectivity index (χ0n) is 9.27. The number of Topliss-reactive ketones (excluding diaryl/α,β-unsaturated/α-hetero) is 1. The number of halogens is 2. The van der Waals surface area contributed by atoms with Crippen molar-refractivity contribution in [2.75, 3.05) is 14.2 Å². The Bertz CT molecular complexity index is 418. The van der Waals surface area contributed by atoms with Crippen LogP contribution in [0.5, 0.6) is 11.5 Å². The van der Waals surface area contributed by atoms with Gasteiger partial charge in [-0.2, -0.15) is 0 Å². The number of methoxy groups -OCH3 is 2. The molecule has 0 aliphatic heterocycles. The third kappa shape index (κ3) is 2.52. The third-order valence-electron chi connectivity index (χ3n) is 2.08. The van der Waals surface area contributed by atoms with Gasteiger partial charge < -0.3 is 9.47 Å². The lowest BCUT2D eigenvalue weighted by atomic mass is 10.1. The van der Waals surface area contributed by atoms with E-state index in [1.54, 1.807) is 0 Å². The molecule has 0 radical (unpaired) electrons. The number of benzene rings is 1. The molecule has 1 aromatic rings. The molecule has 0 atom stereocenters. The molecule has 16 heavy (non-hydrogen) atoms. The molecule has 0 fully saturated rings. The number of ether oxygens (including phenoxy) is 2. The van der Waals surface area contributed by atoms with Crippen molar-refractivity contribution < 1.29 is 18.7 Å². The van der Waals surface area contributed by atoms with E-state index >= 15 is 0 Å². The summed E-state index contributed by atoms with van der Waals surface area (Å²) in [4.78, 5) is 11.1. The summed E-state index contributed by atoms with van der Waals surface area (Å²) in [5.41, 5.74) is 0.209. The molecule has 3 nitrogen and oxygen atoms in total. The van der Waals surface area contributed by atoms with Gasteiger partial charge in [-0.25, -0.2) is 4.39 Å². The predicted octanol–water partition coefficient (Wildman–Crippen LogP) is 2.74. The molecule has 0 aliphatic rings. The molecule has 0 spiro atoms. The molecule has 1 rings (SSSR count). The van der Waals surface area contributed by atoms with Gasteiger partial charge in [0, 0.05) is 18.1 Å². The van der Waals surface area contributed by atoms with Gasteiger partial charge in [0.2, 0.25) is 0 Å². The first kappa shape index (κ1) is 13.0. The average molecular weight is 291 g/mol. The van der Waals surface area contributed by atoms with Crippen molar-refractivity contribution in [1.82, 2.24) is 0 Å². The second kappa shape index (κ2) is 5.30. The smallest absolute Gasteiger partial charge is 0.167 e. The summed E-state index contributed by atoms with van der Waals surface area (Å²) in [6.45, 7) is 1.40. The van der Waals surface area contributed by atoms with Crippen molar-refractivity contribution in [2.24, 2.45) is 0 Å². The Morgan fingerprint density at radius 3 is 2.50 bits per heavy atom. The maximum atomic E-state index is 13.8. The maximum Gasteiger partial charge on any atom is 0.167 e. The first-order chi connectivity index (χ1) is 7.51. The Morgan fingerprint density at radius 1 is 1.44 bits per heavy atom. The van der Waals surface area contributed by atoms with Crippen LogP contribution in [0.25, 0.3) is 0 Å². The number of ketones is 1. The van der Waals surface area contributed by atoms with Crippen molar-refractivity contribution in [3.8, 4) is 11.5 Å². The summed E-state index contributed by atoms with van der Waals surface area (Å²) >= 11 is 3.07. The number of carbonyl (C=O) groups is 1. The fourth-order valence-corrected chi connectivity index (χ4v) is 1.87. The van der Waals surface area contributed by atoms with Crippen LogP contribution < -0.4 is 9.47 Å². The zero-order valence-corrected chi connectivity index (χ0v) is 10.9. The first-order valence-electron chi connectivity index (χ1n) is 4.59. The normalized spacial score (nSPS) is 10.1. The zero-order chi connectivity index (χ0) is 12.3. The van der Waals surface area contributed by atoms with Gasteiger partial charge in [-0.3, -0.25) is 4.79 Å². The maximum absolute atomic E-state index is 13.8. The van der Waals surface area contributed by atoms with Crippen LogP contribution in [0.2, 0.25) is 0 Å². The van der Waals surface area contributed by atoms with Gasteiger partial charge in [-0.1, -0.05) is 0 Å². The summed E-state index contributed by atoms with van der Waals surface area (Å²) in [6.07, 6.45) is -0.0230. The Balaban J connectivity index is 3.40. The monoisotopic (exact) mass is 290 g/mol. The van der Waals surface area contributed by atoms with E-state index in [4.69, 9.17) is 9.47 Å². The molecule has 1 aromatic carbocycles. The molecule has 0 N–H and O–H groups in total. The Kier molecular flexibility index (Phi) is 4.29. The summed E-state index contributed by atoms with van der Waals surface area (Å²) in [6, 6.07) is 1.47. The van der Waals surface area contributed by atoms with Gasteiger partial charge in [0.1, 0.15) is 11.6 Å². The van der Waals surface area contributed by atoms with Crippen molar-refractivity contribution >= 4 is 21.7 Å². The van der Waals surface area contributed by atoms with Gasteiger partial charge in [0.05, 0.1) is 18.7 Å². The minimum absolute atomic E-state index is 0.0230. The van der Waals surface area contributed by atoms with Gasteiger partial charge in [0.25, 0.3) is 0 Å². The van der Waals surface area contributed by atoms with Gasteiger partial charge in [-0.15, -0.1) is 0 Å². The highest BCUT2D eigenvalue weighted by atomic mass is 79.9. The Labute approximate surface area is 102 Å². The molecule has 0 aromatic heterocycles. The van der Waals surface area contributed by atoms with E-state index in [-0.39, 0.29) is 28.0 Å². The first-order valence-corrected chi connectivity index (χ1v) is 5.38. The van der Waals surface area contributed by atoms with Crippen LogP contribution in [-0.4, -0.2) is 20.0 Å². The third-order valence-corrected chi connectivity index (χ3v) is 2.66. The molecule has 0 saturated carbocycles. The molecule has 0 amide bonds. The minimum atomic E-state index is -0.493. The van der Waals surface area contributed by atoms with Crippen LogP contribution in [0.3, 0.4) is 0 Å². The van der Waals surface area contributed by atoms with Crippen LogP contribution in [0.1, 0.15) is 12.5 Å². The SMILES string of the molecule is COc1cc(Br)c(F)c(CC(C)=O)c1OC. The highest BCUT2D eigenvalue weighted by Crippen LogP contribution is 2.37. The van der Waals surface area contributed by atoms with Crippen LogP contribution >= 0.6 is 15.9 Å². The lowest BCUT2D eigenvalue weighted by Crippen LogP contribution is -2.05. The van der Waals surface area contributed by atoms with E-state index in [9.17, 15) is 9.18 Å². The summed E-state index contributed by atoms with van der Waals surface area (Å²) in [5.74, 6) is 0.0237.